The molecule has 188 valence electrons. The molecule has 1 aromatic heterocycles. The van der Waals surface area contributed by atoms with Crippen molar-refractivity contribution in [2.75, 3.05) is 15.4 Å². The Hall–Kier alpha value is -3.76. The van der Waals surface area contributed by atoms with Gasteiger partial charge in [-0.2, -0.15) is 0 Å². The second kappa shape index (κ2) is 10.3. The zero-order chi connectivity index (χ0) is 26.0. The predicted octanol–water partition coefficient (Wildman–Crippen LogP) is 5.28. The molecular weight excluding hydrogens is 511 g/mol. The monoisotopic (exact) mass is 534 g/mol. The second-order valence-electron chi connectivity index (χ2n) is 8.41. The van der Waals surface area contributed by atoms with Crippen molar-refractivity contribution >= 4 is 39.1 Å². The Morgan fingerprint density at radius 2 is 1.70 bits per heavy atom. The molecule has 0 unspecified atom stereocenters. The van der Waals surface area contributed by atoms with E-state index in [9.17, 15) is 17.6 Å². The standard InChI is InChI=1S/C27H23FN4O3S2/c1-2-18-9-13-21(14-10-18)30-25(33)17-36-27-29-15-24-26(31-27)22-5-3-4-6-23(22)32(37(24,34)35)16-19-7-11-20(28)12-8-19/h3-15H,2,16-17H2,1H3,(H,30,33). The molecule has 10 heteroatoms. The molecule has 0 saturated heterocycles. The molecular formula is C27H23FN4O3S2. The number of rotatable bonds is 7. The molecule has 0 aliphatic carbocycles. The van der Waals surface area contributed by atoms with Gasteiger partial charge in [-0.25, -0.2) is 22.8 Å². The Kier molecular flexibility index (Phi) is 6.94. The maximum absolute atomic E-state index is 13.6. The number of para-hydroxylation sites is 1. The highest BCUT2D eigenvalue weighted by Gasteiger charge is 2.36. The lowest BCUT2D eigenvalue weighted by Crippen LogP contribution is -2.34. The highest BCUT2D eigenvalue weighted by atomic mass is 32.2. The minimum Gasteiger partial charge on any atom is -0.325 e. The molecule has 7 nitrogen and oxygen atoms in total. The summed E-state index contributed by atoms with van der Waals surface area (Å²) in [6.45, 7) is 2.10. The van der Waals surface area contributed by atoms with Crippen molar-refractivity contribution in [2.45, 2.75) is 29.9 Å². The second-order valence-corrected chi connectivity index (χ2v) is 11.2. The Labute approximate surface area is 218 Å². The fourth-order valence-electron chi connectivity index (χ4n) is 4.02. The van der Waals surface area contributed by atoms with Crippen molar-refractivity contribution in [3.63, 3.8) is 0 Å². The third kappa shape index (κ3) is 5.21. The van der Waals surface area contributed by atoms with Gasteiger partial charge in [0.15, 0.2) is 5.16 Å². The third-order valence-corrected chi connectivity index (χ3v) is 8.57. The smallest absolute Gasteiger partial charge is 0.268 e. The Morgan fingerprint density at radius 1 is 1.00 bits per heavy atom. The van der Waals surface area contributed by atoms with Crippen LogP contribution in [0, 0.1) is 5.82 Å². The fourth-order valence-corrected chi connectivity index (χ4v) is 6.20. The molecule has 3 aromatic carbocycles. The van der Waals surface area contributed by atoms with Crippen LogP contribution in [0.5, 0.6) is 0 Å². The minimum atomic E-state index is -3.97. The summed E-state index contributed by atoms with van der Waals surface area (Å²) in [5.74, 6) is -0.536. The molecule has 0 atom stereocenters. The molecule has 0 saturated carbocycles. The molecule has 1 aliphatic heterocycles. The van der Waals surface area contributed by atoms with E-state index in [2.05, 4.69) is 22.2 Å². The van der Waals surface area contributed by atoms with Gasteiger partial charge in [0.1, 0.15) is 10.7 Å². The summed E-state index contributed by atoms with van der Waals surface area (Å²) >= 11 is 1.13. The summed E-state index contributed by atoms with van der Waals surface area (Å²) < 4.78 is 41.8. The van der Waals surface area contributed by atoms with Gasteiger partial charge in [-0.1, -0.05) is 61.2 Å². The minimum absolute atomic E-state index is 0.0156. The van der Waals surface area contributed by atoms with E-state index in [1.807, 2.05) is 30.3 Å². The molecule has 0 fully saturated rings. The Bertz CT molecular complexity index is 1560. The van der Waals surface area contributed by atoms with Crippen LogP contribution in [-0.4, -0.2) is 30.0 Å². The first kappa shape index (κ1) is 24.9. The van der Waals surface area contributed by atoms with E-state index < -0.39 is 15.8 Å². The number of aryl methyl sites for hydroxylation is 1. The largest absolute Gasteiger partial charge is 0.325 e. The van der Waals surface area contributed by atoms with Gasteiger partial charge in [-0.15, -0.1) is 0 Å². The van der Waals surface area contributed by atoms with E-state index in [1.54, 1.807) is 30.3 Å². The number of carbonyl (C=O) groups excluding carboxylic acids is 1. The summed E-state index contributed by atoms with van der Waals surface area (Å²) in [7, 11) is -3.97. The molecule has 1 aliphatic rings. The fraction of sp³-hybridized carbons (Fsp3) is 0.148. The number of hydrogen-bond donors (Lipinski definition) is 1. The number of nitrogens with zero attached hydrogens (tertiary/aromatic N) is 3. The normalized spacial score (nSPS) is 13.5. The van der Waals surface area contributed by atoms with Crippen LogP contribution in [0.15, 0.2) is 89.0 Å². The molecule has 1 N–H and O–H groups in total. The van der Waals surface area contributed by atoms with E-state index in [0.717, 1.165) is 18.2 Å². The predicted molar refractivity (Wildman–Crippen MR) is 142 cm³/mol. The molecule has 0 bridgehead atoms. The number of fused-ring (bicyclic) bond motifs is 3. The van der Waals surface area contributed by atoms with Crippen molar-refractivity contribution in [1.29, 1.82) is 0 Å². The van der Waals surface area contributed by atoms with Crippen LogP contribution in [0.2, 0.25) is 0 Å². The van der Waals surface area contributed by atoms with Crippen LogP contribution < -0.4 is 9.62 Å². The van der Waals surface area contributed by atoms with Gasteiger partial charge < -0.3 is 5.32 Å². The van der Waals surface area contributed by atoms with Crippen molar-refractivity contribution in [2.24, 2.45) is 0 Å². The third-order valence-electron chi connectivity index (χ3n) is 5.95. The van der Waals surface area contributed by atoms with Crippen LogP contribution in [-0.2, 0) is 27.8 Å². The number of anilines is 2. The van der Waals surface area contributed by atoms with Gasteiger partial charge in [0.05, 0.1) is 29.9 Å². The van der Waals surface area contributed by atoms with Crippen molar-refractivity contribution < 1.29 is 17.6 Å². The van der Waals surface area contributed by atoms with Gasteiger partial charge >= 0.3 is 0 Å². The van der Waals surface area contributed by atoms with Crippen LogP contribution in [0.1, 0.15) is 18.1 Å². The molecule has 5 rings (SSSR count). The number of thioether (sulfide) groups is 1. The number of aromatic nitrogens is 2. The summed E-state index contributed by atoms with van der Waals surface area (Å²) in [6, 6.07) is 20.4. The van der Waals surface area contributed by atoms with Crippen molar-refractivity contribution in [1.82, 2.24) is 9.97 Å². The number of halogens is 1. The highest BCUT2D eigenvalue weighted by molar-refractivity contribution is 7.99. The van der Waals surface area contributed by atoms with Crippen LogP contribution in [0.25, 0.3) is 11.3 Å². The average Bonchev–Trinajstić information content (AvgIpc) is 2.91. The molecule has 2 heterocycles. The van der Waals surface area contributed by atoms with E-state index >= 15 is 0 Å². The lowest BCUT2D eigenvalue weighted by molar-refractivity contribution is -0.113. The van der Waals surface area contributed by atoms with Gasteiger partial charge in [0.25, 0.3) is 10.0 Å². The Morgan fingerprint density at radius 3 is 2.43 bits per heavy atom. The molecule has 1 amide bonds. The SMILES string of the molecule is CCc1ccc(NC(=O)CSc2ncc3c(n2)-c2ccccc2N(Cc2ccc(F)cc2)S3(=O)=O)cc1. The molecule has 0 radical (unpaired) electrons. The average molecular weight is 535 g/mol. The lowest BCUT2D eigenvalue weighted by Gasteiger charge is -2.31. The van der Waals surface area contributed by atoms with Crippen molar-refractivity contribution in [3.8, 4) is 11.3 Å². The first-order valence-corrected chi connectivity index (χ1v) is 14.0. The summed E-state index contributed by atoms with van der Waals surface area (Å²) in [5.41, 5.74) is 3.93. The van der Waals surface area contributed by atoms with Crippen LogP contribution in [0.4, 0.5) is 15.8 Å². The van der Waals surface area contributed by atoms with Crippen LogP contribution in [0.3, 0.4) is 0 Å². The van der Waals surface area contributed by atoms with Gasteiger partial charge in [0, 0.05) is 11.3 Å². The highest BCUT2D eigenvalue weighted by Crippen LogP contribution is 2.42. The van der Waals surface area contributed by atoms with E-state index in [0.29, 0.717) is 33.4 Å². The zero-order valence-corrected chi connectivity index (χ0v) is 21.5. The summed E-state index contributed by atoms with van der Waals surface area (Å²) in [4.78, 5) is 21.2. The summed E-state index contributed by atoms with van der Waals surface area (Å²) in [5, 5.41) is 3.14. The van der Waals surface area contributed by atoms with Gasteiger partial charge in [0.2, 0.25) is 5.91 Å². The molecule has 4 aromatic rings. The van der Waals surface area contributed by atoms with Crippen molar-refractivity contribution in [3.05, 3.63) is 95.9 Å². The maximum Gasteiger partial charge on any atom is 0.268 e. The summed E-state index contributed by atoms with van der Waals surface area (Å²) in [6.07, 6.45) is 2.21. The number of hydrogen-bond acceptors (Lipinski definition) is 6. The first-order valence-electron chi connectivity index (χ1n) is 11.6. The van der Waals surface area contributed by atoms with E-state index in [4.69, 9.17) is 0 Å². The first-order chi connectivity index (χ1) is 17.8. The number of benzene rings is 3. The maximum atomic E-state index is 13.6. The molecule has 0 spiro atoms. The number of sulfonamides is 1. The van der Waals surface area contributed by atoms with E-state index in [-0.39, 0.29) is 23.1 Å². The number of amides is 1. The van der Waals surface area contributed by atoms with Crippen LogP contribution >= 0.6 is 11.8 Å². The van der Waals surface area contributed by atoms with Gasteiger partial charge in [-0.3, -0.25) is 9.10 Å². The molecule has 37 heavy (non-hydrogen) atoms. The quantitative estimate of drug-likeness (QED) is 0.256. The topological polar surface area (TPSA) is 92.3 Å². The number of nitrogens with one attached hydrogen (secondary N) is 1. The number of carbonyl (C=O) groups is 1. The van der Waals surface area contributed by atoms with E-state index in [1.165, 1.54) is 28.2 Å². The lowest BCUT2D eigenvalue weighted by atomic mass is 10.1. The van der Waals surface area contributed by atoms with Gasteiger partial charge in [-0.05, 0) is 47.9 Å². The Balaban J connectivity index is 1.38. The zero-order valence-electron chi connectivity index (χ0n) is 19.9.